The van der Waals surface area contributed by atoms with Crippen molar-refractivity contribution in [2.45, 2.75) is 20.3 Å². The van der Waals surface area contributed by atoms with Crippen molar-refractivity contribution in [1.29, 1.82) is 0 Å². The van der Waals surface area contributed by atoms with Crippen molar-refractivity contribution in [3.63, 3.8) is 0 Å². The molecule has 0 spiro atoms. The SMILES string of the molecule is CC(C)CC1=N/C(=C\c2ccc(F)cc2)C(=O)N(O)C1=O. The highest BCUT2D eigenvalue weighted by Crippen LogP contribution is 2.18. The fourth-order valence-electron chi connectivity index (χ4n) is 1.89. The van der Waals surface area contributed by atoms with Crippen LogP contribution in [-0.4, -0.2) is 27.8 Å². The largest absolute Gasteiger partial charge is 0.303 e. The van der Waals surface area contributed by atoms with Crippen LogP contribution in [0, 0.1) is 11.7 Å². The van der Waals surface area contributed by atoms with Gasteiger partial charge >= 0.3 is 5.91 Å². The molecule has 0 saturated heterocycles. The topological polar surface area (TPSA) is 70.0 Å². The van der Waals surface area contributed by atoms with Gasteiger partial charge in [0.25, 0.3) is 5.91 Å². The summed E-state index contributed by atoms with van der Waals surface area (Å²) in [7, 11) is 0. The molecule has 0 saturated carbocycles. The molecule has 21 heavy (non-hydrogen) atoms. The highest BCUT2D eigenvalue weighted by molar-refractivity contribution is 6.43. The fraction of sp³-hybridized carbons (Fsp3) is 0.267. The first-order valence-corrected chi connectivity index (χ1v) is 6.51. The van der Waals surface area contributed by atoms with Gasteiger partial charge in [0.05, 0.1) is 0 Å². The molecule has 0 bridgehead atoms. The second-order valence-corrected chi connectivity index (χ2v) is 5.16. The molecule has 0 atom stereocenters. The minimum atomic E-state index is -0.892. The van der Waals surface area contributed by atoms with Crippen LogP contribution in [0.15, 0.2) is 35.0 Å². The zero-order valence-electron chi connectivity index (χ0n) is 11.7. The lowest BCUT2D eigenvalue weighted by Crippen LogP contribution is -2.43. The van der Waals surface area contributed by atoms with Crippen LogP contribution in [0.1, 0.15) is 25.8 Å². The molecule has 2 rings (SSSR count). The van der Waals surface area contributed by atoms with Crippen molar-refractivity contribution in [3.05, 3.63) is 41.3 Å². The molecule has 1 heterocycles. The van der Waals surface area contributed by atoms with Crippen LogP contribution in [0.4, 0.5) is 4.39 Å². The molecule has 1 N–H and O–H groups in total. The van der Waals surface area contributed by atoms with Crippen molar-refractivity contribution >= 4 is 23.6 Å². The highest BCUT2D eigenvalue weighted by Gasteiger charge is 2.32. The molecular weight excluding hydrogens is 275 g/mol. The van der Waals surface area contributed by atoms with Gasteiger partial charge in [-0.2, -0.15) is 0 Å². The molecule has 0 fully saturated rings. The van der Waals surface area contributed by atoms with Crippen molar-refractivity contribution in [3.8, 4) is 0 Å². The third kappa shape index (κ3) is 3.41. The Morgan fingerprint density at radius 2 is 1.86 bits per heavy atom. The summed E-state index contributed by atoms with van der Waals surface area (Å²) in [4.78, 5) is 27.6. The maximum atomic E-state index is 12.9. The van der Waals surface area contributed by atoms with Gasteiger partial charge in [0, 0.05) is 0 Å². The molecule has 2 amide bonds. The van der Waals surface area contributed by atoms with E-state index in [4.69, 9.17) is 0 Å². The molecule has 1 aromatic rings. The lowest BCUT2D eigenvalue weighted by molar-refractivity contribution is -0.171. The zero-order valence-corrected chi connectivity index (χ0v) is 11.7. The summed E-state index contributed by atoms with van der Waals surface area (Å²) in [5.74, 6) is -1.93. The van der Waals surface area contributed by atoms with Crippen LogP contribution in [0.3, 0.4) is 0 Å². The first-order chi connectivity index (χ1) is 9.88. The predicted octanol–water partition coefficient (Wildman–Crippen LogP) is 2.41. The minimum Gasteiger partial charge on any atom is -0.278 e. The zero-order chi connectivity index (χ0) is 15.6. The van der Waals surface area contributed by atoms with Crippen molar-refractivity contribution < 1.29 is 19.2 Å². The summed E-state index contributed by atoms with van der Waals surface area (Å²) in [5.41, 5.74) is 0.620. The van der Waals surface area contributed by atoms with Crippen LogP contribution >= 0.6 is 0 Å². The predicted molar refractivity (Wildman–Crippen MR) is 74.9 cm³/mol. The van der Waals surface area contributed by atoms with E-state index in [0.717, 1.165) is 0 Å². The number of benzene rings is 1. The van der Waals surface area contributed by atoms with Crippen molar-refractivity contribution in [1.82, 2.24) is 5.06 Å². The van der Waals surface area contributed by atoms with E-state index in [9.17, 15) is 19.2 Å². The molecular formula is C15H15FN2O3. The van der Waals surface area contributed by atoms with Gasteiger partial charge in [0.2, 0.25) is 0 Å². The Balaban J connectivity index is 2.40. The highest BCUT2D eigenvalue weighted by atomic mass is 19.1. The van der Waals surface area contributed by atoms with Crippen molar-refractivity contribution in [2.75, 3.05) is 0 Å². The third-order valence-electron chi connectivity index (χ3n) is 2.88. The van der Waals surface area contributed by atoms with E-state index in [2.05, 4.69) is 4.99 Å². The second-order valence-electron chi connectivity index (χ2n) is 5.16. The molecule has 1 aliphatic rings. The van der Waals surface area contributed by atoms with Crippen LogP contribution in [0.5, 0.6) is 0 Å². The van der Waals surface area contributed by atoms with Gasteiger partial charge in [-0.05, 0) is 36.1 Å². The van der Waals surface area contributed by atoms with E-state index in [1.165, 1.54) is 30.3 Å². The van der Waals surface area contributed by atoms with E-state index in [1.807, 2.05) is 13.8 Å². The van der Waals surface area contributed by atoms with E-state index in [0.29, 0.717) is 12.0 Å². The number of carbonyl (C=O) groups is 2. The Morgan fingerprint density at radius 1 is 1.24 bits per heavy atom. The number of imide groups is 1. The standard InChI is InChI=1S/C15H15FN2O3/c1-9(2)7-12-14(19)18(21)15(20)13(17-12)8-10-3-5-11(16)6-4-10/h3-6,8-9,21H,7H2,1-2H3/b13-8-. The van der Waals surface area contributed by atoms with Gasteiger partial charge in [0.1, 0.15) is 17.2 Å². The number of hydrogen-bond donors (Lipinski definition) is 1. The maximum absolute atomic E-state index is 12.9. The van der Waals surface area contributed by atoms with Gasteiger partial charge < -0.3 is 0 Å². The van der Waals surface area contributed by atoms with Gasteiger partial charge in [0.15, 0.2) is 0 Å². The van der Waals surface area contributed by atoms with Crippen LogP contribution in [0.2, 0.25) is 0 Å². The van der Waals surface area contributed by atoms with Crippen molar-refractivity contribution in [2.24, 2.45) is 10.9 Å². The Bertz CT molecular complexity index is 633. The summed E-state index contributed by atoms with van der Waals surface area (Å²) in [6, 6.07) is 5.46. The number of nitrogens with zero attached hydrogens (tertiary/aromatic N) is 2. The lowest BCUT2D eigenvalue weighted by Gasteiger charge is -2.20. The fourth-order valence-corrected chi connectivity index (χ4v) is 1.89. The van der Waals surface area contributed by atoms with Gasteiger partial charge in [-0.25, -0.2) is 9.38 Å². The summed E-state index contributed by atoms with van der Waals surface area (Å²) in [5, 5.41) is 9.64. The number of rotatable bonds is 3. The molecule has 1 aromatic carbocycles. The smallest absolute Gasteiger partial charge is 0.278 e. The van der Waals surface area contributed by atoms with E-state index in [1.54, 1.807) is 0 Å². The number of hydroxylamine groups is 2. The molecule has 1 aliphatic heterocycles. The molecule has 110 valence electrons. The average molecular weight is 290 g/mol. The van der Waals surface area contributed by atoms with Gasteiger partial charge in [-0.3, -0.25) is 14.8 Å². The number of aliphatic imine (C=N–C) groups is 1. The number of amides is 2. The molecule has 0 unspecified atom stereocenters. The van der Waals surface area contributed by atoms with Crippen LogP contribution in [0.25, 0.3) is 6.08 Å². The molecule has 6 heteroatoms. The first-order valence-electron chi connectivity index (χ1n) is 6.51. The first kappa shape index (κ1) is 15.1. The normalized spacial score (nSPS) is 17.7. The molecule has 0 aromatic heterocycles. The summed E-state index contributed by atoms with van der Waals surface area (Å²) < 4.78 is 12.9. The van der Waals surface area contributed by atoms with E-state index < -0.39 is 17.6 Å². The Morgan fingerprint density at radius 3 is 2.43 bits per heavy atom. The monoisotopic (exact) mass is 290 g/mol. The van der Waals surface area contributed by atoms with Gasteiger partial charge in [-0.15, -0.1) is 5.06 Å². The lowest BCUT2D eigenvalue weighted by atomic mass is 10.0. The average Bonchev–Trinajstić information content (AvgIpc) is 2.43. The Labute approximate surface area is 121 Å². The minimum absolute atomic E-state index is 0.0561. The molecule has 0 radical (unpaired) electrons. The molecule has 0 aliphatic carbocycles. The van der Waals surface area contributed by atoms with Crippen LogP contribution in [-0.2, 0) is 9.59 Å². The maximum Gasteiger partial charge on any atom is 0.303 e. The summed E-state index contributed by atoms with van der Waals surface area (Å²) >= 11 is 0. The Hall–Kier alpha value is -2.34. The molecule has 5 nitrogen and oxygen atoms in total. The quantitative estimate of drug-likeness (QED) is 0.528. The Kier molecular flexibility index (Phi) is 4.28. The second kappa shape index (κ2) is 5.97. The summed E-state index contributed by atoms with van der Waals surface area (Å²) in [6.07, 6.45) is 1.75. The van der Waals surface area contributed by atoms with E-state index in [-0.39, 0.29) is 22.4 Å². The number of hydrogen-bond acceptors (Lipinski definition) is 4. The summed E-state index contributed by atoms with van der Waals surface area (Å²) in [6.45, 7) is 3.80. The number of carbonyl (C=O) groups excluding carboxylic acids is 2. The van der Waals surface area contributed by atoms with E-state index >= 15 is 0 Å². The van der Waals surface area contributed by atoms with Gasteiger partial charge in [-0.1, -0.05) is 26.0 Å². The van der Waals surface area contributed by atoms with Crippen LogP contribution < -0.4 is 0 Å². The third-order valence-corrected chi connectivity index (χ3v) is 2.88. The number of halogens is 1.